The van der Waals surface area contributed by atoms with E-state index in [1.54, 1.807) is 11.0 Å². The Labute approximate surface area is 130 Å². The molecule has 0 spiro atoms. The molecule has 2 unspecified atom stereocenters. The first-order valence-electron chi connectivity index (χ1n) is 6.91. The molecule has 0 bridgehead atoms. The van der Waals surface area contributed by atoms with E-state index in [9.17, 15) is 9.18 Å². The van der Waals surface area contributed by atoms with E-state index in [4.69, 9.17) is 10.5 Å². The molecule has 21 heavy (non-hydrogen) atoms. The topological polar surface area (TPSA) is 55.6 Å². The Morgan fingerprint density at radius 3 is 2.81 bits per heavy atom. The number of carbonyl (C=O) groups excluding carboxylic acids is 1. The molecule has 1 aromatic rings. The summed E-state index contributed by atoms with van der Waals surface area (Å²) in [6, 6.07) is 4.36. The van der Waals surface area contributed by atoms with E-state index in [1.165, 1.54) is 19.2 Å². The number of amides is 1. The average molecular weight is 317 g/mol. The molecule has 0 saturated carbocycles. The highest BCUT2D eigenvalue weighted by molar-refractivity contribution is 5.94. The Morgan fingerprint density at radius 1 is 1.52 bits per heavy atom. The van der Waals surface area contributed by atoms with Gasteiger partial charge in [-0.2, -0.15) is 0 Å². The number of nitrogens with zero attached hydrogens (tertiary/aromatic N) is 1. The molecule has 0 aliphatic carbocycles. The fraction of sp³-hybridized carbons (Fsp3) is 0.533. The molecule has 2 N–H and O–H groups in total. The van der Waals surface area contributed by atoms with Gasteiger partial charge in [-0.15, -0.1) is 12.4 Å². The van der Waals surface area contributed by atoms with Crippen LogP contribution >= 0.6 is 12.4 Å². The highest BCUT2D eigenvalue weighted by atomic mass is 35.5. The molecule has 6 heteroatoms. The predicted molar refractivity (Wildman–Crippen MR) is 82.5 cm³/mol. The number of benzene rings is 1. The second kappa shape index (κ2) is 7.61. The third-order valence-electron chi connectivity index (χ3n) is 3.90. The maximum Gasteiger partial charge on any atom is 0.256 e. The number of piperidine rings is 1. The van der Waals surface area contributed by atoms with Gasteiger partial charge >= 0.3 is 0 Å². The van der Waals surface area contributed by atoms with Gasteiger partial charge in [0.05, 0.1) is 12.7 Å². The molecule has 2 rings (SSSR count). The number of likely N-dealkylation sites (tertiary alicyclic amines) is 1. The summed E-state index contributed by atoms with van der Waals surface area (Å²) in [6.07, 6.45) is 1.93. The van der Waals surface area contributed by atoms with Crippen molar-refractivity contribution in [3.05, 3.63) is 29.6 Å². The first-order valence-corrected chi connectivity index (χ1v) is 6.91. The minimum Gasteiger partial charge on any atom is -0.497 e. The zero-order valence-corrected chi connectivity index (χ0v) is 13.2. The zero-order chi connectivity index (χ0) is 14.7. The van der Waals surface area contributed by atoms with Crippen LogP contribution in [-0.4, -0.2) is 37.0 Å². The first kappa shape index (κ1) is 17.7. The molecule has 118 valence electrons. The van der Waals surface area contributed by atoms with E-state index in [0.29, 0.717) is 18.8 Å². The van der Waals surface area contributed by atoms with E-state index in [2.05, 4.69) is 0 Å². The van der Waals surface area contributed by atoms with Gasteiger partial charge < -0.3 is 15.4 Å². The summed E-state index contributed by atoms with van der Waals surface area (Å²) in [7, 11) is 1.47. The number of carbonyl (C=O) groups is 1. The zero-order valence-electron chi connectivity index (χ0n) is 12.3. The van der Waals surface area contributed by atoms with Gasteiger partial charge in [0.2, 0.25) is 0 Å². The van der Waals surface area contributed by atoms with E-state index >= 15 is 0 Å². The Hall–Kier alpha value is -1.33. The van der Waals surface area contributed by atoms with Crippen LogP contribution in [0.25, 0.3) is 0 Å². The van der Waals surface area contributed by atoms with Gasteiger partial charge in [-0.1, -0.05) is 0 Å². The van der Waals surface area contributed by atoms with Crippen molar-refractivity contribution in [3.63, 3.8) is 0 Å². The predicted octanol–water partition coefficient (Wildman–Crippen LogP) is 2.46. The smallest absolute Gasteiger partial charge is 0.256 e. The first-order chi connectivity index (χ1) is 9.52. The SMILES string of the molecule is COc1ccc(C(=O)N2CCCC(C(C)N)C2)c(F)c1.Cl. The second-order valence-electron chi connectivity index (χ2n) is 5.36. The average Bonchev–Trinajstić information content (AvgIpc) is 2.46. The highest BCUT2D eigenvalue weighted by Gasteiger charge is 2.27. The van der Waals surface area contributed by atoms with Gasteiger partial charge in [0.25, 0.3) is 5.91 Å². The van der Waals surface area contributed by atoms with E-state index in [1.807, 2.05) is 6.92 Å². The van der Waals surface area contributed by atoms with Crippen LogP contribution in [0.4, 0.5) is 4.39 Å². The monoisotopic (exact) mass is 316 g/mol. The van der Waals surface area contributed by atoms with Crippen molar-refractivity contribution in [2.75, 3.05) is 20.2 Å². The molecule has 1 aromatic carbocycles. The van der Waals surface area contributed by atoms with Crippen molar-refractivity contribution in [2.24, 2.45) is 11.7 Å². The number of nitrogens with two attached hydrogens (primary N) is 1. The molecule has 1 aliphatic rings. The van der Waals surface area contributed by atoms with Crippen LogP contribution in [0.2, 0.25) is 0 Å². The molecule has 0 aromatic heterocycles. The molecule has 0 radical (unpaired) electrons. The Balaban J connectivity index is 0.00000220. The van der Waals surface area contributed by atoms with E-state index in [0.717, 1.165) is 12.8 Å². The standard InChI is InChI=1S/C15H21FN2O2.ClH/c1-10(17)11-4-3-7-18(9-11)15(19)13-6-5-12(20-2)8-14(13)16;/h5-6,8,10-11H,3-4,7,9,17H2,1-2H3;1H. The minimum atomic E-state index is -0.544. The van der Waals surface area contributed by atoms with E-state index in [-0.39, 0.29) is 35.8 Å². The summed E-state index contributed by atoms with van der Waals surface area (Å²) >= 11 is 0. The third kappa shape index (κ3) is 4.08. The Morgan fingerprint density at radius 2 is 2.24 bits per heavy atom. The lowest BCUT2D eigenvalue weighted by atomic mass is 9.92. The molecule has 4 nitrogen and oxygen atoms in total. The van der Waals surface area contributed by atoms with Crippen molar-refractivity contribution in [3.8, 4) is 5.75 Å². The van der Waals surface area contributed by atoms with Crippen molar-refractivity contribution in [1.29, 1.82) is 0 Å². The number of hydrogen-bond acceptors (Lipinski definition) is 3. The van der Waals surface area contributed by atoms with Crippen LogP contribution < -0.4 is 10.5 Å². The summed E-state index contributed by atoms with van der Waals surface area (Å²) in [4.78, 5) is 14.1. The molecule has 1 amide bonds. The molecule has 2 atom stereocenters. The Kier molecular flexibility index (Phi) is 6.42. The van der Waals surface area contributed by atoms with Crippen LogP contribution in [-0.2, 0) is 0 Å². The fourth-order valence-electron chi connectivity index (χ4n) is 2.59. The lowest BCUT2D eigenvalue weighted by Crippen LogP contribution is -2.45. The number of methoxy groups -OCH3 is 1. The van der Waals surface area contributed by atoms with Gasteiger partial charge in [0.1, 0.15) is 11.6 Å². The van der Waals surface area contributed by atoms with E-state index < -0.39 is 5.82 Å². The molecule has 1 aliphatic heterocycles. The Bertz CT molecular complexity index is 497. The minimum absolute atomic E-state index is 0. The van der Waals surface area contributed by atoms with Gasteiger partial charge in [0, 0.05) is 25.2 Å². The largest absolute Gasteiger partial charge is 0.497 e. The lowest BCUT2D eigenvalue weighted by molar-refractivity contribution is 0.0656. The molecular formula is C15H22ClFN2O2. The summed E-state index contributed by atoms with van der Waals surface area (Å²) in [5, 5.41) is 0. The molecular weight excluding hydrogens is 295 g/mol. The van der Waals surface area contributed by atoms with Crippen molar-refractivity contribution < 1.29 is 13.9 Å². The van der Waals surface area contributed by atoms with Crippen molar-refractivity contribution in [1.82, 2.24) is 4.90 Å². The van der Waals surface area contributed by atoms with Crippen LogP contribution in [0.1, 0.15) is 30.1 Å². The summed E-state index contributed by atoms with van der Waals surface area (Å²) in [6.45, 7) is 3.21. The van der Waals surface area contributed by atoms with Crippen molar-refractivity contribution >= 4 is 18.3 Å². The summed E-state index contributed by atoms with van der Waals surface area (Å²) in [5.74, 6) is -0.118. The summed E-state index contributed by atoms with van der Waals surface area (Å²) < 4.78 is 18.9. The number of halogens is 2. The van der Waals surface area contributed by atoms with Gasteiger partial charge in [-0.05, 0) is 37.8 Å². The van der Waals surface area contributed by atoms with Crippen molar-refractivity contribution in [2.45, 2.75) is 25.8 Å². The normalized spacial score (nSPS) is 19.6. The quantitative estimate of drug-likeness (QED) is 0.932. The number of rotatable bonds is 3. The van der Waals surface area contributed by atoms with Crippen LogP contribution in [0.5, 0.6) is 5.75 Å². The van der Waals surface area contributed by atoms with Crippen LogP contribution in [0.3, 0.4) is 0 Å². The van der Waals surface area contributed by atoms with Gasteiger partial charge in [0.15, 0.2) is 0 Å². The molecule has 1 fully saturated rings. The van der Waals surface area contributed by atoms with Crippen LogP contribution in [0, 0.1) is 11.7 Å². The maximum atomic E-state index is 13.9. The maximum absolute atomic E-state index is 13.9. The molecule has 1 saturated heterocycles. The molecule has 1 heterocycles. The van der Waals surface area contributed by atoms with Crippen LogP contribution in [0.15, 0.2) is 18.2 Å². The van der Waals surface area contributed by atoms with Gasteiger partial charge in [-0.25, -0.2) is 4.39 Å². The summed E-state index contributed by atoms with van der Waals surface area (Å²) in [5.41, 5.74) is 6.00. The van der Waals surface area contributed by atoms with Gasteiger partial charge in [-0.3, -0.25) is 4.79 Å². The number of hydrogen-bond donors (Lipinski definition) is 1. The number of ether oxygens (including phenoxy) is 1. The second-order valence-corrected chi connectivity index (χ2v) is 5.36. The lowest BCUT2D eigenvalue weighted by Gasteiger charge is -2.34. The third-order valence-corrected chi connectivity index (χ3v) is 3.90. The fourth-order valence-corrected chi connectivity index (χ4v) is 2.59. The highest BCUT2D eigenvalue weighted by Crippen LogP contribution is 2.23.